The van der Waals surface area contributed by atoms with E-state index in [1.165, 1.54) is 18.6 Å². The lowest BCUT2D eigenvalue weighted by Gasteiger charge is -2.08. The Bertz CT molecular complexity index is 58.3. The Kier molecular flexibility index (Phi) is 7.65. The monoisotopic (exact) mass is 161 g/mol. The second kappa shape index (κ2) is 7.42. The van der Waals surface area contributed by atoms with Crippen LogP contribution in [0.4, 0.5) is 0 Å². The fourth-order valence-electron chi connectivity index (χ4n) is 0.854. The average molecular weight is 161 g/mol. The van der Waals surface area contributed by atoms with Gasteiger partial charge in [0.2, 0.25) is 0 Å². The zero-order chi connectivity index (χ0) is 7.82. The van der Waals surface area contributed by atoms with Gasteiger partial charge in [-0.15, -0.1) is 0 Å². The Morgan fingerprint density at radius 1 is 1.40 bits per heavy atom. The molecule has 10 heavy (non-hydrogen) atoms. The van der Waals surface area contributed by atoms with Gasteiger partial charge in [-0.05, 0) is 44.4 Å². The molecule has 0 aromatic heterocycles. The standard InChI is InChI=1S/C8H19NS/c1-8(4-6-9-2)5-7-10-3/h8-9H,4-7H2,1-3H3. The summed E-state index contributed by atoms with van der Waals surface area (Å²) in [6.45, 7) is 3.49. The third kappa shape index (κ3) is 6.43. The highest BCUT2D eigenvalue weighted by molar-refractivity contribution is 7.98. The summed E-state index contributed by atoms with van der Waals surface area (Å²) in [4.78, 5) is 0. The normalized spacial score (nSPS) is 13.5. The van der Waals surface area contributed by atoms with Crippen LogP contribution in [0.3, 0.4) is 0 Å². The van der Waals surface area contributed by atoms with Crippen LogP contribution >= 0.6 is 11.8 Å². The van der Waals surface area contributed by atoms with Gasteiger partial charge in [0.1, 0.15) is 0 Å². The van der Waals surface area contributed by atoms with E-state index < -0.39 is 0 Å². The summed E-state index contributed by atoms with van der Waals surface area (Å²) in [5, 5.41) is 3.17. The van der Waals surface area contributed by atoms with E-state index in [2.05, 4.69) is 18.5 Å². The smallest absolute Gasteiger partial charge is 0.00494 e. The first-order valence-electron chi connectivity index (χ1n) is 3.94. The van der Waals surface area contributed by atoms with Crippen molar-refractivity contribution in [3.05, 3.63) is 0 Å². The van der Waals surface area contributed by atoms with Gasteiger partial charge in [-0.3, -0.25) is 0 Å². The molecule has 1 atom stereocenters. The van der Waals surface area contributed by atoms with Crippen LogP contribution in [-0.2, 0) is 0 Å². The third-order valence-electron chi connectivity index (χ3n) is 1.70. The molecule has 0 aromatic rings. The van der Waals surface area contributed by atoms with Crippen LogP contribution in [0.25, 0.3) is 0 Å². The molecular formula is C8H19NS. The van der Waals surface area contributed by atoms with E-state index in [0.717, 1.165) is 12.5 Å². The van der Waals surface area contributed by atoms with Crippen molar-refractivity contribution in [2.24, 2.45) is 5.92 Å². The van der Waals surface area contributed by atoms with Crippen LogP contribution in [0.15, 0.2) is 0 Å². The molecule has 62 valence electrons. The summed E-state index contributed by atoms with van der Waals surface area (Å²) >= 11 is 1.94. The second-order valence-corrected chi connectivity index (χ2v) is 3.76. The largest absolute Gasteiger partial charge is 0.320 e. The maximum Gasteiger partial charge on any atom is -0.00494 e. The van der Waals surface area contributed by atoms with Crippen LogP contribution in [0.2, 0.25) is 0 Å². The minimum absolute atomic E-state index is 0.889. The molecular weight excluding hydrogens is 142 g/mol. The van der Waals surface area contributed by atoms with Crippen molar-refractivity contribution in [3.63, 3.8) is 0 Å². The first-order chi connectivity index (χ1) is 4.81. The first kappa shape index (κ1) is 10.3. The Hall–Kier alpha value is 0.310. The fourth-order valence-corrected chi connectivity index (χ4v) is 1.49. The van der Waals surface area contributed by atoms with E-state index in [-0.39, 0.29) is 0 Å². The van der Waals surface area contributed by atoms with Crippen molar-refractivity contribution in [1.82, 2.24) is 5.32 Å². The predicted molar refractivity (Wildman–Crippen MR) is 50.7 cm³/mol. The van der Waals surface area contributed by atoms with E-state index in [0.29, 0.717) is 0 Å². The van der Waals surface area contributed by atoms with Gasteiger partial charge in [0.25, 0.3) is 0 Å². The molecule has 0 spiro atoms. The van der Waals surface area contributed by atoms with Gasteiger partial charge in [-0.2, -0.15) is 11.8 Å². The van der Waals surface area contributed by atoms with Crippen molar-refractivity contribution in [3.8, 4) is 0 Å². The number of hydrogen-bond donors (Lipinski definition) is 1. The van der Waals surface area contributed by atoms with Crippen molar-refractivity contribution in [2.45, 2.75) is 19.8 Å². The van der Waals surface area contributed by atoms with E-state index >= 15 is 0 Å². The molecule has 0 rings (SSSR count). The molecule has 2 heteroatoms. The number of rotatable bonds is 6. The molecule has 1 unspecified atom stereocenters. The quantitative estimate of drug-likeness (QED) is 0.639. The Balaban J connectivity index is 3.00. The molecule has 0 aliphatic heterocycles. The van der Waals surface area contributed by atoms with E-state index in [9.17, 15) is 0 Å². The molecule has 0 aliphatic rings. The summed E-state index contributed by atoms with van der Waals surface area (Å²) in [7, 11) is 2.02. The molecule has 0 bridgehead atoms. The van der Waals surface area contributed by atoms with Gasteiger partial charge in [-0.1, -0.05) is 6.92 Å². The summed E-state index contributed by atoms with van der Waals surface area (Å²) in [6.07, 6.45) is 4.85. The molecule has 0 aromatic carbocycles. The average Bonchev–Trinajstić information content (AvgIpc) is 1.97. The minimum atomic E-state index is 0.889. The summed E-state index contributed by atoms with van der Waals surface area (Å²) < 4.78 is 0. The third-order valence-corrected chi connectivity index (χ3v) is 2.35. The Morgan fingerprint density at radius 2 is 2.10 bits per heavy atom. The van der Waals surface area contributed by atoms with E-state index in [4.69, 9.17) is 0 Å². The van der Waals surface area contributed by atoms with Crippen molar-refractivity contribution in [2.75, 3.05) is 25.6 Å². The van der Waals surface area contributed by atoms with Crippen LogP contribution in [-0.4, -0.2) is 25.6 Å². The lowest BCUT2D eigenvalue weighted by Crippen LogP contribution is -2.11. The van der Waals surface area contributed by atoms with Crippen LogP contribution < -0.4 is 5.32 Å². The van der Waals surface area contributed by atoms with Crippen molar-refractivity contribution < 1.29 is 0 Å². The lowest BCUT2D eigenvalue weighted by molar-refractivity contribution is 0.506. The summed E-state index contributed by atoms with van der Waals surface area (Å²) in [5.74, 6) is 2.20. The van der Waals surface area contributed by atoms with Gasteiger partial charge in [0.05, 0.1) is 0 Å². The fraction of sp³-hybridized carbons (Fsp3) is 1.00. The first-order valence-corrected chi connectivity index (χ1v) is 5.34. The number of nitrogens with one attached hydrogen (secondary N) is 1. The van der Waals surface area contributed by atoms with E-state index in [1.807, 2.05) is 18.8 Å². The molecule has 1 N–H and O–H groups in total. The van der Waals surface area contributed by atoms with Crippen molar-refractivity contribution >= 4 is 11.8 Å². The molecule has 0 amide bonds. The summed E-state index contributed by atoms with van der Waals surface area (Å²) in [6, 6.07) is 0. The van der Waals surface area contributed by atoms with Crippen molar-refractivity contribution in [1.29, 1.82) is 0 Å². The Morgan fingerprint density at radius 3 is 2.60 bits per heavy atom. The zero-order valence-electron chi connectivity index (χ0n) is 7.31. The maximum atomic E-state index is 3.17. The molecule has 0 fully saturated rings. The predicted octanol–water partition coefficient (Wildman–Crippen LogP) is 1.99. The highest BCUT2D eigenvalue weighted by Crippen LogP contribution is 2.09. The minimum Gasteiger partial charge on any atom is -0.320 e. The van der Waals surface area contributed by atoms with Gasteiger partial charge < -0.3 is 5.32 Å². The highest BCUT2D eigenvalue weighted by Gasteiger charge is 1.98. The molecule has 0 aliphatic carbocycles. The molecule has 0 radical (unpaired) electrons. The number of hydrogen-bond acceptors (Lipinski definition) is 2. The Labute approximate surface area is 69.0 Å². The molecule has 0 heterocycles. The topological polar surface area (TPSA) is 12.0 Å². The maximum absolute atomic E-state index is 3.17. The summed E-state index contributed by atoms with van der Waals surface area (Å²) in [5.41, 5.74) is 0. The van der Waals surface area contributed by atoms with Gasteiger partial charge in [-0.25, -0.2) is 0 Å². The van der Waals surface area contributed by atoms with Crippen LogP contribution in [0.5, 0.6) is 0 Å². The SMILES string of the molecule is CNCCC(C)CCSC. The van der Waals surface area contributed by atoms with E-state index in [1.54, 1.807) is 0 Å². The second-order valence-electron chi connectivity index (χ2n) is 2.78. The highest BCUT2D eigenvalue weighted by atomic mass is 32.2. The number of thioether (sulfide) groups is 1. The van der Waals surface area contributed by atoms with Crippen LogP contribution in [0.1, 0.15) is 19.8 Å². The zero-order valence-corrected chi connectivity index (χ0v) is 8.13. The lowest BCUT2D eigenvalue weighted by atomic mass is 10.1. The molecule has 0 saturated carbocycles. The van der Waals surface area contributed by atoms with Gasteiger partial charge in [0.15, 0.2) is 0 Å². The molecule has 1 nitrogen and oxygen atoms in total. The van der Waals surface area contributed by atoms with Gasteiger partial charge >= 0.3 is 0 Å². The van der Waals surface area contributed by atoms with Crippen LogP contribution in [0, 0.1) is 5.92 Å². The molecule has 0 saturated heterocycles. The van der Waals surface area contributed by atoms with Gasteiger partial charge in [0, 0.05) is 0 Å².